The molecule has 8 nitrogen and oxygen atoms in total. The van der Waals surface area contributed by atoms with Crippen LogP contribution in [0.3, 0.4) is 0 Å². The number of alkyl halides is 3. The van der Waals surface area contributed by atoms with E-state index in [1.807, 2.05) is 0 Å². The number of furan rings is 1. The predicted octanol–water partition coefficient (Wildman–Crippen LogP) is 3.16. The number of benzene rings is 1. The van der Waals surface area contributed by atoms with Crippen molar-refractivity contribution in [3.8, 4) is 5.69 Å². The smallest absolute Gasteiger partial charge is 0.416 e. The number of amides is 1. The maximum Gasteiger partial charge on any atom is 0.416 e. The van der Waals surface area contributed by atoms with Crippen molar-refractivity contribution in [1.82, 2.24) is 24.2 Å². The second-order valence-electron chi connectivity index (χ2n) is 7.28. The molecule has 0 fully saturated rings. The van der Waals surface area contributed by atoms with Gasteiger partial charge in [0.05, 0.1) is 24.0 Å². The van der Waals surface area contributed by atoms with Gasteiger partial charge < -0.3 is 9.32 Å². The highest BCUT2D eigenvalue weighted by Crippen LogP contribution is 2.30. The highest BCUT2D eigenvalue weighted by molar-refractivity contribution is 5.77. The quantitative estimate of drug-likeness (QED) is 0.471. The molecule has 0 unspecified atom stereocenters. The normalized spacial score (nSPS) is 11.8. The Bertz CT molecular complexity index is 1350. The van der Waals surface area contributed by atoms with Crippen molar-refractivity contribution >= 4 is 16.9 Å². The van der Waals surface area contributed by atoms with E-state index in [-0.39, 0.29) is 35.7 Å². The molecule has 0 aliphatic carbocycles. The van der Waals surface area contributed by atoms with E-state index in [9.17, 15) is 22.8 Å². The van der Waals surface area contributed by atoms with E-state index < -0.39 is 17.3 Å². The second kappa shape index (κ2) is 7.98. The Hall–Kier alpha value is -3.89. The van der Waals surface area contributed by atoms with Gasteiger partial charge in [0.1, 0.15) is 29.8 Å². The Morgan fingerprint density at radius 3 is 2.69 bits per heavy atom. The van der Waals surface area contributed by atoms with E-state index in [1.165, 1.54) is 29.6 Å². The zero-order chi connectivity index (χ0) is 23.0. The molecule has 0 atom stereocenters. The van der Waals surface area contributed by atoms with E-state index in [1.54, 1.807) is 26.1 Å². The van der Waals surface area contributed by atoms with Crippen molar-refractivity contribution in [1.29, 1.82) is 0 Å². The van der Waals surface area contributed by atoms with Crippen molar-refractivity contribution in [2.24, 2.45) is 0 Å². The number of hydrogen-bond donors (Lipinski definition) is 0. The van der Waals surface area contributed by atoms with Gasteiger partial charge >= 0.3 is 6.18 Å². The molecular formula is C21H18F3N5O3. The Morgan fingerprint density at radius 2 is 2.00 bits per heavy atom. The molecule has 0 saturated carbocycles. The fourth-order valence-corrected chi connectivity index (χ4v) is 3.22. The number of fused-ring (bicyclic) bond motifs is 1. The van der Waals surface area contributed by atoms with Crippen LogP contribution in [0.1, 0.15) is 17.1 Å². The van der Waals surface area contributed by atoms with Gasteiger partial charge in [-0.1, -0.05) is 6.07 Å². The standard InChI is InChI=1S/C21H18F3N5O3/c1-13-6-7-16(32-13)10-27(2)18(30)11-28-12-25-19-17(20(28)31)9-26-29(19)15-5-3-4-14(8-15)21(22,23)24/h3-9,12H,10-11H2,1-2H3. The number of aromatic nitrogens is 4. The lowest BCUT2D eigenvalue weighted by Crippen LogP contribution is -2.33. The monoisotopic (exact) mass is 445 g/mol. The predicted molar refractivity (Wildman–Crippen MR) is 108 cm³/mol. The first-order chi connectivity index (χ1) is 15.1. The van der Waals surface area contributed by atoms with Gasteiger partial charge in [0.25, 0.3) is 5.56 Å². The Labute approximate surface area is 179 Å². The lowest BCUT2D eigenvalue weighted by molar-refractivity contribution is -0.137. The maximum atomic E-state index is 13.0. The Kier molecular flexibility index (Phi) is 5.33. The van der Waals surface area contributed by atoms with Crippen LogP contribution in [-0.2, 0) is 24.1 Å². The second-order valence-corrected chi connectivity index (χ2v) is 7.28. The molecule has 3 aromatic heterocycles. The van der Waals surface area contributed by atoms with Gasteiger partial charge in [-0.3, -0.25) is 14.2 Å². The van der Waals surface area contributed by atoms with Crippen LogP contribution >= 0.6 is 0 Å². The molecule has 0 bridgehead atoms. The summed E-state index contributed by atoms with van der Waals surface area (Å²) in [6, 6.07) is 8.11. The first-order valence-corrected chi connectivity index (χ1v) is 9.53. The molecule has 0 saturated heterocycles. The van der Waals surface area contributed by atoms with Crippen LogP contribution in [0.2, 0.25) is 0 Å². The minimum Gasteiger partial charge on any atom is -0.464 e. The third kappa shape index (κ3) is 4.13. The van der Waals surface area contributed by atoms with Crippen LogP contribution in [0.25, 0.3) is 16.7 Å². The highest BCUT2D eigenvalue weighted by Gasteiger charge is 2.30. The molecule has 1 aromatic carbocycles. The number of nitrogens with zero attached hydrogens (tertiary/aromatic N) is 5. The topological polar surface area (TPSA) is 86.2 Å². The van der Waals surface area contributed by atoms with Crippen LogP contribution in [-0.4, -0.2) is 37.2 Å². The summed E-state index contributed by atoms with van der Waals surface area (Å²) in [6.07, 6.45) is -2.11. The van der Waals surface area contributed by atoms with Gasteiger partial charge in [0.2, 0.25) is 5.91 Å². The van der Waals surface area contributed by atoms with Gasteiger partial charge in [0.15, 0.2) is 5.65 Å². The first-order valence-electron chi connectivity index (χ1n) is 9.53. The molecule has 3 heterocycles. The summed E-state index contributed by atoms with van der Waals surface area (Å²) in [5.74, 6) is 0.999. The molecule has 0 radical (unpaired) electrons. The summed E-state index contributed by atoms with van der Waals surface area (Å²) < 4.78 is 46.8. The van der Waals surface area contributed by atoms with Crippen molar-refractivity contribution in [3.63, 3.8) is 0 Å². The number of halogens is 3. The molecule has 32 heavy (non-hydrogen) atoms. The summed E-state index contributed by atoms with van der Waals surface area (Å²) in [6.45, 7) is 1.78. The third-order valence-electron chi connectivity index (χ3n) is 4.89. The zero-order valence-corrected chi connectivity index (χ0v) is 17.1. The maximum absolute atomic E-state index is 13.0. The summed E-state index contributed by atoms with van der Waals surface area (Å²) in [4.78, 5) is 30.9. The molecule has 4 rings (SSSR count). The highest BCUT2D eigenvalue weighted by atomic mass is 19.4. The number of carbonyl (C=O) groups excluding carboxylic acids is 1. The van der Waals surface area contributed by atoms with Crippen LogP contribution in [0.15, 0.2) is 58.1 Å². The average Bonchev–Trinajstić information content (AvgIpc) is 3.36. The summed E-state index contributed by atoms with van der Waals surface area (Å²) in [5.41, 5.74) is -1.15. The van der Waals surface area contributed by atoms with Crippen LogP contribution in [0.4, 0.5) is 13.2 Å². The summed E-state index contributed by atoms with van der Waals surface area (Å²) in [7, 11) is 1.59. The molecular weight excluding hydrogens is 427 g/mol. The number of rotatable bonds is 5. The fourth-order valence-electron chi connectivity index (χ4n) is 3.22. The van der Waals surface area contributed by atoms with Crippen LogP contribution in [0.5, 0.6) is 0 Å². The van der Waals surface area contributed by atoms with E-state index in [4.69, 9.17) is 4.42 Å². The number of carbonyl (C=O) groups is 1. The van der Waals surface area contributed by atoms with Gasteiger partial charge in [-0.2, -0.15) is 18.3 Å². The van der Waals surface area contributed by atoms with E-state index in [2.05, 4.69) is 10.1 Å². The molecule has 4 aromatic rings. The van der Waals surface area contributed by atoms with Crippen molar-refractivity contribution in [2.45, 2.75) is 26.2 Å². The summed E-state index contributed by atoms with van der Waals surface area (Å²) in [5, 5.41) is 4.11. The number of likely N-dealkylation sites (N-methyl/N-ethyl adjacent to an activating group) is 1. The SMILES string of the molecule is Cc1ccc(CN(C)C(=O)Cn2cnc3c(cnn3-c3cccc(C(F)(F)F)c3)c2=O)o1. The van der Waals surface area contributed by atoms with Crippen LogP contribution < -0.4 is 5.56 Å². The molecule has 11 heteroatoms. The molecule has 0 aliphatic heterocycles. The van der Waals surface area contributed by atoms with Crippen molar-refractivity contribution in [2.75, 3.05) is 7.05 Å². The minimum absolute atomic E-state index is 0.0852. The van der Waals surface area contributed by atoms with Crippen molar-refractivity contribution < 1.29 is 22.4 Å². The van der Waals surface area contributed by atoms with E-state index in [0.29, 0.717) is 5.76 Å². The van der Waals surface area contributed by atoms with Gasteiger partial charge in [0, 0.05) is 7.05 Å². The zero-order valence-electron chi connectivity index (χ0n) is 17.1. The summed E-state index contributed by atoms with van der Waals surface area (Å²) >= 11 is 0. The fraction of sp³-hybridized carbons (Fsp3) is 0.238. The van der Waals surface area contributed by atoms with E-state index >= 15 is 0 Å². The van der Waals surface area contributed by atoms with Crippen molar-refractivity contribution in [3.05, 3.63) is 76.4 Å². The molecule has 0 aliphatic rings. The molecule has 166 valence electrons. The average molecular weight is 445 g/mol. The first kappa shape index (κ1) is 21.3. The minimum atomic E-state index is -4.51. The van der Waals surface area contributed by atoms with E-state index in [0.717, 1.165) is 27.1 Å². The molecule has 0 spiro atoms. The van der Waals surface area contributed by atoms with Crippen LogP contribution in [0, 0.1) is 6.92 Å². The Morgan fingerprint density at radius 1 is 1.22 bits per heavy atom. The lowest BCUT2D eigenvalue weighted by Gasteiger charge is -2.16. The third-order valence-corrected chi connectivity index (χ3v) is 4.89. The largest absolute Gasteiger partial charge is 0.464 e. The number of aryl methyl sites for hydroxylation is 1. The van der Waals surface area contributed by atoms with Gasteiger partial charge in [-0.25, -0.2) is 9.67 Å². The Balaban J connectivity index is 1.59. The van der Waals surface area contributed by atoms with Gasteiger partial charge in [-0.05, 0) is 37.3 Å². The molecule has 1 amide bonds. The van der Waals surface area contributed by atoms with Gasteiger partial charge in [-0.15, -0.1) is 0 Å². The molecule has 0 N–H and O–H groups in total. The lowest BCUT2D eigenvalue weighted by atomic mass is 10.2. The number of hydrogen-bond acceptors (Lipinski definition) is 5.